The fourth-order valence-electron chi connectivity index (χ4n) is 3.02. The molecule has 1 aliphatic rings. The van der Waals surface area contributed by atoms with Crippen molar-refractivity contribution in [2.45, 2.75) is 33.0 Å². The number of imidazole rings is 1. The van der Waals surface area contributed by atoms with Gasteiger partial charge in [-0.1, -0.05) is 13.0 Å². The molecule has 3 rings (SSSR count). The van der Waals surface area contributed by atoms with Crippen LogP contribution >= 0.6 is 0 Å². The lowest BCUT2D eigenvalue weighted by Crippen LogP contribution is -2.35. The zero-order chi connectivity index (χ0) is 14.8. The fraction of sp³-hybridized carbons (Fsp3) is 0.438. The zero-order valence-electron chi connectivity index (χ0n) is 12.5. The van der Waals surface area contributed by atoms with Crippen LogP contribution in [0.3, 0.4) is 0 Å². The van der Waals surface area contributed by atoms with Gasteiger partial charge in [0.1, 0.15) is 11.6 Å². The fourth-order valence-corrected chi connectivity index (χ4v) is 3.02. The largest absolute Gasteiger partial charge is 0.362 e. The first kappa shape index (κ1) is 14.1. The Morgan fingerprint density at radius 1 is 1.38 bits per heavy atom. The second-order valence-electron chi connectivity index (χ2n) is 5.41. The van der Waals surface area contributed by atoms with Gasteiger partial charge in [-0.05, 0) is 25.6 Å². The third-order valence-electron chi connectivity index (χ3n) is 4.06. The van der Waals surface area contributed by atoms with Crippen LogP contribution in [0, 0.1) is 5.82 Å². The highest BCUT2D eigenvalue weighted by Gasteiger charge is 2.23. The summed E-state index contributed by atoms with van der Waals surface area (Å²) in [5, 5.41) is 3.31. The molecule has 5 heteroatoms. The summed E-state index contributed by atoms with van der Waals surface area (Å²) in [5.74, 6) is 0.891. The van der Waals surface area contributed by atoms with Gasteiger partial charge in [0.15, 0.2) is 0 Å². The molecule has 0 aliphatic carbocycles. The first-order chi connectivity index (χ1) is 10.2. The Balaban J connectivity index is 1.94. The Kier molecular flexibility index (Phi) is 3.92. The van der Waals surface area contributed by atoms with Crippen LogP contribution in [0.2, 0.25) is 0 Å². The van der Waals surface area contributed by atoms with E-state index in [1.54, 1.807) is 6.07 Å². The summed E-state index contributed by atoms with van der Waals surface area (Å²) >= 11 is 0. The molecule has 4 nitrogen and oxygen atoms in total. The molecular formula is C16H21FN4. The van der Waals surface area contributed by atoms with E-state index >= 15 is 0 Å². The normalized spacial score (nSPS) is 15.9. The smallest absolute Gasteiger partial charge is 0.130 e. The summed E-state index contributed by atoms with van der Waals surface area (Å²) in [6, 6.07) is 5.32. The number of fused-ring (bicyclic) bond motifs is 1. The van der Waals surface area contributed by atoms with E-state index in [2.05, 4.69) is 19.8 Å². The molecule has 0 saturated carbocycles. The first-order valence-electron chi connectivity index (χ1n) is 7.47. The molecular weight excluding hydrogens is 267 g/mol. The quantitative estimate of drug-likeness (QED) is 0.939. The van der Waals surface area contributed by atoms with E-state index in [-0.39, 0.29) is 11.9 Å². The molecule has 1 aromatic carbocycles. The van der Waals surface area contributed by atoms with Crippen LogP contribution in [-0.4, -0.2) is 22.6 Å². The third-order valence-corrected chi connectivity index (χ3v) is 4.06. The molecule has 21 heavy (non-hydrogen) atoms. The van der Waals surface area contributed by atoms with E-state index in [0.717, 1.165) is 43.3 Å². The molecule has 0 spiro atoms. The van der Waals surface area contributed by atoms with Gasteiger partial charge in [-0.25, -0.2) is 9.37 Å². The van der Waals surface area contributed by atoms with Crippen molar-refractivity contribution in [3.05, 3.63) is 47.8 Å². The standard InChI is InChI=1S/C16H21FN4/c1-3-18-12(2)16-13(17)5-4-6-14(16)21-10-9-20-8-7-19-15(20)11-21/h4-8,12,18H,3,9-11H2,1-2H3. The lowest BCUT2D eigenvalue weighted by atomic mass is 10.0. The van der Waals surface area contributed by atoms with Crippen molar-refractivity contribution in [2.24, 2.45) is 0 Å². The summed E-state index contributed by atoms with van der Waals surface area (Å²) in [7, 11) is 0. The van der Waals surface area contributed by atoms with Gasteiger partial charge in [-0.15, -0.1) is 0 Å². The Morgan fingerprint density at radius 3 is 3.05 bits per heavy atom. The predicted molar refractivity (Wildman–Crippen MR) is 81.8 cm³/mol. The van der Waals surface area contributed by atoms with E-state index in [0.29, 0.717) is 0 Å². The number of nitrogens with zero attached hydrogens (tertiary/aromatic N) is 3. The van der Waals surface area contributed by atoms with Gasteiger partial charge in [0, 0.05) is 42.8 Å². The zero-order valence-corrected chi connectivity index (χ0v) is 12.5. The number of aromatic nitrogens is 2. The second-order valence-corrected chi connectivity index (χ2v) is 5.41. The van der Waals surface area contributed by atoms with E-state index in [1.165, 1.54) is 6.07 Å². The van der Waals surface area contributed by atoms with Crippen LogP contribution in [0.15, 0.2) is 30.6 Å². The van der Waals surface area contributed by atoms with Crippen LogP contribution in [0.1, 0.15) is 31.3 Å². The van der Waals surface area contributed by atoms with Crippen LogP contribution in [0.25, 0.3) is 0 Å². The Labute approximate surface area is 124 Å². The van der Waals surface area contributed by atoms with Crippen molar-refractivity contribution >= 4 is 5.69 Å². The molecule has 0 bridgehead atoms. The van der Waals surface area contributed by atoms with Gasteiger partial charge >= 0.3 is 0 Å². The Morgan fingerprint density at radius 2 is 2.24 bits per heavy atom. The van der Waals surface area contributed by atoms with Gasteiger partial charge in [0.2, 0.25) is 0 Å². The molecule has 1 aliphatic heterocycles. The van der Waals surface area contributed by atoms with Crippen molar-refractivity contribution < 1.29 is 4.39 Å². The summed E-state index contributed by atoms with van der Waals surface area (Å²) in [4.78, 5) is 6.59. The Hall–Kier alpha value is -1.88. The third kappa shape index (κ3) is 2.65. The lowest BCUT2D eigenvalue weighted by Gasteiger charge is -2.32. The van der Waals surface area contributed by atoms with Gasteiger partial charge in [0.05, 0.1) is 6.54 Å². The van der Waals surface area contributed by atoms with E-state index in [9.17, 15) is 4.39 Å². The number of benzene rings is 1. The minimum atomic E-state index is -0.144. The highest BCUT2D eigenvalue weighted by molar-refractivity contribution is 5.56. The maximum Gasteiger partial charge on any atom is 0.130 e. The van der Waals surface area contributed by atoms with E-state index in [4.69, 9.17) is 0 Å². The van der Waals surface area contributed by atoms with Gasteiger partial charge in [-0.2, -0.15) is 0 Å². The highest BCUT2D eigenvalue weighted by Crippen LogP contribution is 2.31. The topological polar surface area (TPSA) is 33.1 Å². The average Bonchev–Trinajstić information content (AvgIpc) is 2.94. The molecule has 0 radical (unpaired) electrons. The monoisotopic (exact) mass is 288 g/mol. The molecule has 0 fully saturated rings. The number of rotatable bonds is 4. The van der Waals surface area contributed by atoms with Gasteiger partial charge < -0.3 is 14.8 Å². The van der Waals surface area contributed by atoms with Crippen LogP contribution in [-0.2, 0) is 13.1 Å². The molecule has 1 aromatic heterocycles. The van der Waals surface area contributed by atoms with Crippen molar-refractivity contribution in [3.8, 4) is 0 Å². The maximum absolute atomic E-state index is 14.3. The van der Waals surface area contributed by atoms with Gasteiger partial charge in [-0.3, -0.25) is 0 Å². The van der Waals surface area contributed by atoms with E-state index in [1.807, 2.05) is 32.3 Å². The number of nitrogens with one attached hydrogen (secondary N) is 1. The average molecular weight is 288 g/mol. The van der Waals surface area contributed by atoms with E-state index < -0.39 is 0 Å². The summed E-state index contributed by atoms with van der Waals surface area (Å²) in [5.41, 5.74) is 1.72. The minimum Gasteiger partial charge on any atom is -0.362 e. The summed E-state index contributed by atoms with van der Waals surface area (Å²) in [6.45, 7) is 7.35. The minimum absolute atomic E-state index is 0.00660. The molecule has 1 unspecified atom stereocenters. The first-order valence-corrected chi connectivity index (χ1v) is 7.47. The number of halogens is 1. The van der Waals surface area contributed by atoms with Crippen molar-refractivity contribution in [1.82, 2.24) is 14.9 Å². The SMILES string of the molecule is CCNC(C)c1c(F)cccc1N1CCn2ccnc2C1. The highest BCUT2D eigenvalue weighted by atomic mass is 19.1. The number of anilines is 1. The van der Waals surface area contributed by atoms with Crippen molar-refractivity contribution in [3.63, 3.8) is 0 Å². The lowest BCUT2D eigenvalue weighted by molar-refractivity contribution is 0.525. The molecule has 2 heterocycles. The van der Waals surface area contributed by atoms with Crippen molar-refractivity contribution in [2.75, 3.05) is 18.0 Å². The van der Waals surface area contributed by atoms with Crippen LogP contribution in [0.4, 0.5) is 10.1 Å². The Bertz CT molecular complexity index is 622. The number of hydrogen-bond acceptors (Lipinski definition) is 3. The molecule has 0 amide bonds. The van der Waals surface area contributed by atoms with Gasteiger partial charge in [0.25, 0.3) is 0 Å². The molecule has 112 valence electrons. The van der Waals surface area contributed by atoms with Crippen LogP contribution in [0.5, 0.6) is 0 Å². The van der Waals surface area contributed by atoms with Crippen molar-refractivity contribution in [1.29, 1.82) is 0 Å². The summed E-state index contributed by atoms with van der Waals surface area (Å²) in [6.07, 6.45) is 3.83. The number of hydrogen-bond donors (Lipinski definition) is 1. The molecule has 1 atom stereocenters. The second kappa shape index (κ2) is 5.85. The molecule has 1 N–H and O–H groups in total. The molecule has 2 aromatic rings. The maximum atomic E-state index is 14.3. The van der Waals surface area contributed by atoms with Crippen LogP contribution < -0.4 is 10.2 Å². The predicted octanol–water partition coefficient (Wildman–Crippen LogP) is 2.71. The summed E-state index contributed by atoms with van der Waals surface area (Å²) < 4.78 is 16.5. The molecule has 0 saturated heterocycles.